The van der Waals surface area contributed by atoms with E-state index in [-0.39, 0.29) is 29.2 Å². The minimum absolute atomic E-state index is 0.0291. The summed E-state index contributed by atoms with van der Waals surface area (Å²) in [6.07, 6.45) is 0.0745. The SMILES string of the molecule is COC(=O)CCN(C)c1ccc(C(N)=S)c(F)c1F. The summed E-state index contributed by atoms with van der Waals surface area (Å²) >= 11 is 4.62. The molecule has 0 aliphatic heterocycles. The van der Waals surface area contributed by atoms with E-state index in [1.807, 2.05) is 0 Å². The van der Waals surface area contributed by atoms with Crippen LogP contribution in [0.25, 0.3) is 0 Å². The third-order valence-corrected chi connectivity index (χ3v) is 2.84. The molecule has 0 atom stereocenters. The number of benzene rings is 1. The molecule has 0 aliphatic carbocycles. The van der Waals surface area contributed by atoms with Crippen molar-refractivity contribution in [2.24, 2.45) is 5.73 Å². The van der Waals surface area contributed by atoms with Crippen molar-refractivity contribution in [2.45, 2.75) is 6.42 Å². The molecule has 0 radical (unpaired) electrons. The van der Waals surface area contributed by atoms with Crippen molar-refractivity contribution in [2.75, 3.05) is 25.6 Å². The van der Waals surface area contributed by atoms with Gasteiger partial charge in [0.1, 0.15) is 4.99 Å². The van der Waals surface area contributed by atoms with Gasteiger partial charge in [0.2, 0.25) is 0 Å². The van der Waals surface area contributed by atoms with Crippen molar-refractivity contribution in [3.63, 3.8) is 0 Å². The van der Waals surface area contributed by atoms with E-state index < -0.39 is 17.6 Å². The highest BCUT2D eigenvalue weighted by Crippen LogP contribution is 2.23. The molecule has 0 saturated carbocycles. The van der Waals surface area contributed by atoms with Crippen LogP contribution < -0.4 is 10.6 Å². The number of esters is 1. The Kier molecular flexibility index (Phi) is 5.17. The standard InChI is InChI=1S/C12H14F2N2O2S/c1-16(6-5-9(17)18-2)8-4-3-7(12(15)19)10(13)11(8)14/h3-4H,5-6H2,1-2H3,(H2,15,19). The molecule has 0 saturated heterocycles. The van der Waals surface area contributed by atoms with E-state index in [2.05, 4.69) is 17.0 Å². The minimum Gasteiger partial charge on any atom is -0.469 e. The van der Waals surface area contributed by atoms with Gasteiger partial charge in [-0.2, -0.15) is 0 Å². The molecule has 0 heterocycles. The molecule has 2 N–H and O–H groups in total. The van der Waals surface area contributed by atoms with Gasteiger partial charge in [0, 0.05) is 19.2 Å². The summed E-state index contributed by atoms with van der Waals surface area (Å²) in [5.74, 6) is -2.56. The fraction of sp³-hybridized carbons (Fsp3) is 0.333. The number of hydrogen-bond acceptors (Lipinski definition) is 4. The molecule has 1 aromatic carbocycles. The van der Waals surface area contributed by atoms with Crippen molar-refractivity contribution in [3.8, 4) is 0 Å². The van der Waals surface area contributed by atoms with Crippen LogP contribution >= 0.6 is 12.2 Å². The summed E-state index contributed by atoms with van der Waals surface area (Å²) in [5.41, 5.74) is 5.16. The predicted molar refractivity (Wildman–Crippen MR) is 72.1 cm³/mol. The topological polar surface area (TPSA) is 55.6 Å². The van der Waals surface area contributed by atoms with E-state index in [1.54, 1.807) is 7.05 Å². The van der Waals surface area contributed by atoms with Gasteiger partial charge >= 0.3 is 5.97 Å². The molecule has 1 rings (SSSR count). The average Bonchev–Trinajstić information content (AvgIpc) is 2.38. The maximum Gasteiger partial charge on any atom is 0.307 e. The predicted octanol–water partition coefficient (Wildman–Crippen LogP) is 1.60. The van der Waals surface area contributed by atoms with Gasteiger partial charge < -0.3 is 15.4 Å². The van der Waals surface area contributed by atoms with Gasteiger partial charge in [-0.05, 0) is 12.1 Å². The van der Waals surface area contributed by atoms with Crippen molar-refractivity contribution in [1.29, 1.82) is 0 Å². The summed E-state index contributed by atoms with van der Waals surface area (Å²) in [4.78, 5) is 12.2. The van der Waals surface area contributed by atoms with E-state index in [4.69, 9.17) is 5.73 Å². The Morgan fingerprint density at radius 1 is 1.42 bits per heavy atom. The van der Waals surface area contributed by atoms with Crippen LogP contribution in [0.2, 0.25) is 0 Å². The van der Waals surface area contributed by atoms with Gasteiger partial charge in [0.15, 0.2) is 11.6 Å². The van der Waals surface area contributed by atoms with E-state index in [9.17, 15) is 13.6 Å². The highest BCUT2D eigenvalue weighted by atomic mass is 32.1. The van der Waals surface area contributed by atoms with E-state index in [1.165, 1.54) is 24.1 Å². The maximum atomic E-state index is 13.8. The van der Waals surface area contributed by atoms with Crippen LogP contribution in [-0.4, -0.2) is 31.7 Å². The Labute approximate surface area is 115 Å². The quantitative estimate of drug-likeness (QED) is 0.659. The second kappa shape index (κ2) is 6.42. The molecule has 7 heteroatoms. The first-order chi connectivity index (χ1) is 8.88. The van der Waals surface area contributed by atoms with Crippen LogP contribution in [0.4, 0.5) is 14.5 Å². The molecular weight excluding hydrogens is 274 g/mol. The number of anilines is 1. The highest BCUT2D eigenvalue weighted by molar-refractivity contribution is 7.80. The van der Waals surface area contributed by atoms with Gasteiger partial charge in [-0.15, -0.1) is 0 Å². The summed E-state index contributed by atoms with van der Waals surface area (Å²) in [6.45, 7) is 0.204. The molecule has 0 spiro atoms. The van der Waals surface area contributed by atoms with E-state index >= 15 is 0 Å². The number of methoxy groups -OCH3 is 1. The Balaban J connectivity index is 2.93. The van der Waals surface area contributed by atoms with Crippen molar-refractivity contribution < 1.29 is 18.3 Å². The van der Waals surface area contributed by atoms with Crippen LogP contribution in [0, 0.1) is 11.6 Å². The monoisotopic (exact) mass is 288 g/mol. The zero-order valence-electron chi connectivity index (χ0n) is 10.6. The molecule has 0 unspecified atom stereocenters. The molecule has 19 heavy (non-hydrogen) atoms. The second-order valence-electron chi connectivity index (χ2n) is 3.87. The van der Waals surface area contributed by atoms with Gasteiger partial charge in [-0.3, -0.25) is 4.79 Å². The zero-order valence-corrected chi connectivity index (χ0v) is 11.4. The van der Waals surface area contributed by atoms with Gasteiger partial charge in [-0.1, -0.05) is 12.2 Å². The number of halogens is 2. The summed E-state index contributed by atoms with van der Waals surface area (Å²) in [6, 6.07) is 2.68. The van der Waals surface area contributed by atoms with Crippen molar-refractivity contribution in [1.82, 2.24) is 0 Å². The first-order valence-electron chi connectivity index (χ1n) is 5.44. The molecule has 1 aromatic rings. The highest BCUT2D eigenvalue weighted by Gasteiger charge is 2.17. The van der Waals surface area contributed by atoms with Gasteiger partial charge in [0.05, 0.1) is 19.2 Å². The number of nitrogens with zero attached hydrogens (tertiary/aromatic N) is 1. The molecular formula is C12H14F2N2O2S. The lowest BCUT2D eigenvalue weighted by Gasteiger charge is -2.20. The normalized spacial score (nSPS) is 10.1. The third-order valence-electron chi connectivity index (χ3n) is 2.62. The van der Waals surface area contributed by atoms with Crippen LogP contribution in [-0.2, 0) is 9.53 Å². The van der Waals surface area contributed by atoms with Crippen LogP contribution in [0.3, 0.4) is 0 Å². The zero-order chi connectivity index (χ0) is 14.6. The summed E-state index contributed by atoms with van der Waals surface area (Å²) in [5, 5.41) is 0. The minimum atomic E-state index is -1.09. The fourth-order valence-corrected chi connectivity index (χ4v) is 1.66. The summed E-state index contributed by atoms with van der Waals surface area (Å²) in [7, 11) is 2.81. The number of thiocarbonyl (C=S) groups is 1. The molecule has 0 fully saturated rings. The van der Waals surface area contributed by atoms with Crippen molar-refractivity contribution in [3.05, 3.63) is 29.3 Å². The van der Waals surface area contributed by atoms with Crippen LogP contribution in [0.5, 0.6) is 0 Å². The molecule has 0 aliphatic rings. The Hall–Kier alpha value is -1.76. The van der Waals surface area contributed by atoms with Gasteiger partial charge in [0.25, 0.3) is 0 Å². The molecule has 0 aromatic heterocycles. The average molecular weight is 288 g/mol. The maximum absolute atomic E-state index is 13.8. The smallest absolute Gasteiger partial charge is 0.307 e. The lowest BCUT2D eigenvalue weighted by atomic mass is 10.1. The Morgan fingerprint density at radius 2 is 2.05 bits per heavy atom. The Morgan fingerprint density at radius 3 is 2.58 bits per heavy atom. The molecule has 4 nitrogen and oxygen atoms in total. The fourth-order valence-electron chi connectivity index (χ4n) is 1.51. The number of rotatable bonds is 5. The number of nitrogens with two attached hydrogens (primary N) is 1. The number of carbonyl (C=O) groups excluding carboxylic acids is 1. The van der Waals surface area contributed by atoms with E-state index in [0.717, 1.165) is 0 Å². The first kappa shape index (κ1) is 15.3. The number of hydrogen-bond donors (Lipinski definition) is 1. The van der Waals surface area contributed by atoms with E-state index in [0.29, 0.717) is 0 Å². The third kappa shape index (κ3) is 3.60. The summed E-state index contributed by atoms with van der Waals surface area (Å²) < 4.78 is 32.0. The second-order valence-corrected chi connectivity index (χ2v) is 4.31. The van der Waals surface area contributed by atoms with Crippen molar-refractivity contribution >= 4 is 28.9 Å². The lowest BCUT2D eigenvalue weighted by molar-refractivity contribution is -0.140. The van der Waals surface area contributed by atoms with Crippen LogP contribution in [0.1, 0.15) is 12.0 Å². The largest absolute Gasteiger partial charge is 0.469 e. The first-order valence-corrected chi connectivity index (χ1v) is 5.85. The number of ether oxygens (including phenoxy) is 1. The Bertz CT molecular complexity index is 509. The van der Waals surface area contributed by atoms with Gasteiger partial charge in [-0.25, -0.2) is 8.78 Å². The lowest BCUT2D eigenvalue weighted by Crippen LogP contribution is -2.23. The molecule has 104 valence electrons. The molecule has 0 bridgehead atoms. The number of carbonyl (C=O) groups is 1. The van der Waals surface area contributed by atoms with Crippen LogP contribution in [0.15, 0.2) is 12.1 Å². The molecule has 0 amide bonds.